The van der Waals surface area contributed by atoms with Crippen molar-refractivity contribution >= 4 is 35.0 Å². The first-order valence-corrected chi connectivity index (χ1v) is 6.66. The van der Waals surface area contributed by atoms with Crippen molar-refractivity contribution in [2.24, 2.45) is 0 Å². The average molecular weight is 286 g/mol. The van der Waals surface area contributed by atoms with Crippen LogP contribution in [0.5, 0.6) is 0 Å². The van der Waals surface area contributed by atoms with Gasteiger partial charge in [-0.3, -0.25) is 0 Å². The average Bonchev–Trinajstić information content (AvgIpc) is 2.32. The number of hydrogen-bond donors (Lipinski definition) is 0. The SMILES string of the molecule is [O-][n+]1ccccc1SCc1ccc(Cl)c(Cl)c1. The number of pyridine rings is 1. The highest BCUT2D eigenvalue weighted by Crippen LogP contribution is 2.26. The van der Waals surface area contributed by atoms with Gasteiger partial charge in [0.1, 0.15) is 0 Å². The van der Waals surface area contributed by atoms with Gasteiger partial charge in [-0.15, -0.1) is 0 Å². The number of aromatic nitrogens is 1. The lowest BCUT2D eigenvalue weighted by Gasteiger charge is -2.04. The topological polar surface area (TPSA) is 26.9 Å². The molecule has 0 aliphatic rings. The molecule has 0 unspecified atom stereocenters. The molecule has 0 bridgehead atoms. The van der Waals surface area contributed by atoms with Gasteiger partial charge in [0.25, 0.3) is 5.03 Å². The Morgan fingerprint density at radius 3 is 2.65 bits per heavy atom. The highest BCUT2D eigenvalue weighted by Gasteiger charge is 2.06. The van der Waals surface area contributed by atoms with E-state index in [1.807, 2.05) is 18.2 Å². The van der Waals surface area contributed by atoms with Gasteiger partial charge < -0.3 is 5.21 Å². The van der Waals surface area contributed by atoms with E-state index in [1.165, 1.54) is 18.0 Å². The molecule has 2 nitrogen and oxygen atoms in total. The molecule has 0 saturated heterocycles. The molecule has 2 rings (SSSR count). The van der Waals surface area contributed by atoms with Crippen LogP contribution in [0, 0.1) is 5.21 Å². The minimum absolute atomic E-state index is 0.535. The molecule has 1 heterocycles. The standard InChI is InChI=1S/C12H9Cl2NOS/c13-10-5-4-9(7-11(10)14)8-17-12-3-1-2-6-15(12)16/h1-7H,8H2. The second-order valence-corrected chi connectivity index (χ2v) is 5.21. The van der Waals surface area contributed by atoms with E-state index < -0.39 is 0 Å². The van der Waals surface area contributed by atoms with Crippen molar-refractivity contribution in [3.05, 3.63) is 63.4 Å². The summed E-state index contributed by atoms with van der Waals surface area (Å²) < 4.78 is 0.849. The number of nitrogens with zero attached hydrogens (tertiary/aromatic N) is 1. The molecule has 1 aromatic carbocycles. The number of hydrogen-bond acceptors (Lipinski definition) is 2. The molecular weight excluding hydrogens is 277 g/mol. The van der Waals surface area contributed by atoms with Gasteiger partial charge >= 0.3 is 0 Å². The molecule has 0 atom stereocenters. The van der Waals surface area contributed by atoms with Crippen LogP contribution >= 0.6 is 35.0 Å². The molecule has 0 aliphatic carbocycles. The first-order valence-electron chi connectivity index (χ1n) is 4.92. The minimum atomic E-state index is 0.535. The number of halogens is 2. The highest BCUT2D eigenvalue weighted by atomic mass is 35.5. The smallest absolute Gasteiger partial charge is 0.251 e. The van der Waals surface area contributed by atoms with Crippen LogP contribution in [0.15, 0.2) is 47.6 Å². The lowest BCUT2D eigenvalue weighted by Crippen LogP contribution is -2.27. The third-order valence-corrected chi connectivity index (χ3v) is 3.99. The lowest BCUT2D eigenvalue weighted by atomic mass is 10.2. The first-order chi connectivity index (χ1) is 8.16. The predicted molar refractivity (Wildman–Crippen MR) is 71.4 cm³/mol. The van der Waals surface area contributed by atoms with Crippen LogP contribution in [0.1, 0.15) is 5.56 Å². The largest absolute Gasteiger partial charge is 0.618 e. The molecule has 2 aromatic rings. The van der Waals surface area contributed by atoms with Crippen LogP contribution in [0.3, 0.4) is 0 Å². The van der Waals surface area contributed by atoms with Gasteiger partial charge in [0.15, 0.2) is 6.20 Å². The van der Waals surface area contributed by atoms with E-state index >= 15 is 0 Å². The Bertz CT molecular complexity index is 534. The van der Waals surface area contributed by atoms with Crippen LogP contribution in [-0.2, 0) is 5.75 Å². The van der Waals surface area contributed by atoms with Crippen molar-refractivity contribution in [1.82, 2.24) is 0 Å². The summed E-state index contributed by atoms with van der Waals surface area (Å²) in [7, 11) is 0. The maximum absolute atomic E-state index is 11.4. The van der Waals surface area contributed by atoms with Gasteiger partial charge in [0.05, 0.1) is 10.0 Å². The van der Waals surface area contributed by atoms with Crippen molar-refractivity contribution < 1.29 is 4.73 Å². The van der Waals surface area contributed by atoms with E-state index in [0.717, 1.165) is 10.3 Å². The van der Waals surface area contributed by atoms with Gasteiger partial charge in [-0.1, -0.05) is 41.0 Å². The molecule has 0 saturated carbocycles. The van der Waals surface area contributed by atoms with Crippen molar-refractivity contribution in [3.63, 3.8) is 0 Å². The van der Waals surface area contributed by atoms with Gasteiger partial charge in [-0.05, 0) is 23.8 Å². The normalized spacial score (nSPS) is 10.5. The molecule has 88 valence electrons. The number of rotatable bonds is 3. The fourth-order valence-corrected chi connectivity index (χ4v) is 2.49. The molecule has 0 amide bonds. The Morgan fingerprint density at radius 1 is 1.12 bits per heavy atom. The predicted octanol–water partition coefficient (Wildman–Crippen LogP) is 3.92. The Hall–Kier alpha value is -0.900. The summed E-state index contributed by atoms with van der Waals surface area (Å²) in [5, 5.41) is 13.2. The fraction of sp³-hybridized carbons (Fsp3) is 0.0833. The summed E-state index contributed by atoms with van der Waals surface area (Å²) >= 11 is 13.2. The highest BCUT2D eigenvalue weighted by molar-refractivity contribution is 7.98. The molecule has 0 N–H and O–H groups in total. The Morgan fingerprint density at radius 2 is 1.94 bits per heavy atom. The van der Waals surface area contributed by atoms with Crippen LogP contribution < -0.4 is 4.73 Å². The zero-order chi connectivity index (χ0) is 12.3. The number of thioether (sulfide) groups is 1. The molecule has 0 fully saturated rings. The lowest BCUT2D eigenvalue weighted by molar-refractivity contribution is -0.645. The maximum Gasteiger partial charge on any atom is 0.251 e. The third kappa shape index (κ3) is 3.28. The van der Waals surface area contributed by atoms with Crippen LogP contribution in [0.25, 0.3) is 0 Å². The molecule has 0 aliphatic heterocycles. The van der Waals surface area contributed by atoms with Crippen molar-refractivity contribution in [1.29, 1.82) is 0 Å². The summed E-state index contributed by atoms with van der Waals surface area (Å²) in [4.78, 5) is 0. The monoisotopic (exact) mass is 285 g/mol. The molecule has 17 heavy (non-hydrogen) atoms. The fourth-order valence-electron chi connectivity index (χ4n) is 1.31. The van der Waals surface area contributed by atoms with E-state index in [1.54, 1.807) is 18.2 Å². The molecular formula is C12H9Cl2NOS. The maximum atomic E-state index is 11.4. The Kier molecular flexibility index (Phi) is 4.15. The summed E-state index contributed by atoms with van der Waals surface area (Å²) in [6.07, 6.45) is 1.48. The van der Waals surface area contributed by atoms with Crippen LogP contribution in [0.4, 0.5) is 0 Å². The summed E-state index contributed by atoms with van der Waals surface area (Å²) in [5.74, 6) is 0.684. The molecule has 5 heteroatoms. The van der Waals surface area contributed by atoms with Crippen molar-refractivity contribution in [2.45, 2.75) is 10.8 Å². The van der Waals surface area contributed by atoms with E-state index in [4.69, 9.17) is 23.2 Å². The van der Waals surface area contributed by atoms with Gasteiger partial charge in [-0.2, -0.15) is 4.73 Å². The third-order valence-electron chi connectivity index (χ3n) is 2.16. The minimum Gasteiger partial charge on any atom is -0.618 e. The van der Waals surface area contributed by atoms with E-state index in [-0.39, 0.29) is 0 Å². The van der Waals surface area contributed by atoms with Gasteiger partial charge in [0.2, 0.25) is 0 Å². The molecule has 1 aromatic heterocycles. The molecule has 0 spiro atoms. The second kappa shape index (κ2) is 5.63. The van der Waals surface area contributed by atoms with Crippen LogP contribution in [0.2, 0.25) is 10.0 Å². The number of benzene rings is 1. The summed E-state index contributed by atoms with van der Waals surface area (Å²) in [6, 6.07) is 10.8. The second-order valence-electron chi connectivity index (χ2n) is 3.40. The van der Waals surface area contributed by atoms with E-state index in [2.05, 4.69) is 0 Å². The van der Waals surface area contributed by atoms with Crippen molar-refractivity contribution in [2.75, 3.05) is 0 Å². The van der Waals surface area contributed by atoms with E-state index in [9.17, 15) is 5.21 Å². The Labute approximate surface area is 114 Å². The Balaban J connectivity index is 2.08. The summed E-state index contributed by atoms with van der Waals surface area (Å²) in [5.41, 5.74) is 1.04. The first kappa shape index (κ1) is 12.6. The van der Waals surface area contributed by atoms with E-state index in [0.29, 0.717) is 20.8 Å². The van der Waals surface area contributed by atoms with Crippen molar-refractivity contribution in [3.8, 4) is 0 Å². The van der Waals surface area contributed by atoms with Gasteiger partial charge in [-0.25, -0.2) is 0 Å². The zero-order valence-corrected chi connectivity index (χ0v) is 11.1. The van der Waals surface area contributed by atoms with Crippen LogP contribution in [-0.4, -0.2) is 0 Å². The quantitative estimate of drug-likeness (QED) is 0.486. The van der Waals surface area contributed by atoms with Gasteiger partial charge in [0, 0.05) is 17.9 Å². The zero-order valence-electron chi connectivity index (χ0n) is 8.77. The molecule has 0 radical (unpaired) electrons. The summed E-state index contributed by atoms with van der Waals surface area (Å²) in [6.45, 7) is 0.